The first-order chi connectivity index (χ1) is 12.5. The van der Waals surface area contributed by atoms with Crippen LogP contribution in [-0.4, -0.2) is 12.6 Å². The molecular weight excluding hydrogens is 380 g/mol. The third-order valence-corrected chi connectivity index (χ3v) is 5.05. The maximum absolute atomic E-state index is 12.2. The van der Waals surface area contributed by atoms with Gasteiger partial charge in [0, 0.05) is 16.4 Å². The first-order valence-electron chi connectivity index (χ1n) is 8.15. The molecule has 0 fully saturated rings. The van der Waals surface area contributed by atoms with Crippen molar-refractivity contribution >= 4 is 32.8 Å². The lowest BCUT2D eigenvalue weighted by Gasteiger charge is -2.08. The van der Waals surface area contributed by atoms with E-state index >= 15 is 0 Å². The summed E-state index contributed by atoms with van der Waals surface area (Å²) in [6, 6.07) is 13.6. The van der Waals surface area contributed by atoms with Gasteiger partial charge in [-0.3, -0.25) is 0 Å². The number of hydrogen-bond donors (Lipinski definition) is 2. The van der Waals surface area contributed by atoms with E-state index in [4.69, 9.17) is 5.14 Å². The highest BCUT2D eigenvalue weighted by Gasteiger charge is 2.13. The van der Waals surface area contributed by atoms with Gasteiger partial charge >= 0.3 is 0 Å². The van der Waals surface area contributed by atoms with Gasteiger partial charge in [-0.15, -0.1) is 0 Å². The molecule has 142 valence electrons. The van der Waals surface area contributed by atoms with E-state index in [-0.39, 0.29) is 16.0 Å². The standard InChI is InChI=1S/C20H22N2O3S2/c1-20(2,3)14-12-16-8-10-17(11-9-16)13-15-26(23)22-18-6-4-5-7-19(18)27(21,24)25/h4-11,13,15,22H,1-3H3,(H2,21,24,25)/b15-13+. The van der Waals surface area contributed by atoms with Crippen molar-refractivity contribution in [2.45, 2.75) is 25.7 Å². The average Bonchev–Trinajstić information content (AvgIpc) is 2.58. The Kier molecular flexibility index (Phi) is 6.60. The number of anilines is 1. The van der Waals surface area contributed by atoms with Crippen LogP contribution in [0.1, 0.15) is 31.9 Å². The van der Waals surface area contributed by atoms with Gasteiger partial charge in [0.25, 0.3) is 0 Å². The third kappa shape index (κ3) is 7.02. The molecule has 1 unspecified atom stereocenters. The molecule has 0 aromatic heterocycles. The number of para-hydroxylation sites is 1. The quantitative estimate of drug-likeness (QED) is 0.751. The molecule has 0 heterocycles. The fourth-order valence-electron chi connectivity index (χ4n) is 2.02. The van der Waals surface area contributed by atoms with E-state index in [2.05, 4.69) is 16.6 Å². The lowest BCUT2D eigenvalue weighted by atomic mass is 9.97. The van der Waals surface area contributed by atoms with Crippen LogP contribution in [0.5, 0.6) is 0 Å². The highest BCUT2D eigenvalue weighted by molar-refractivity contribution is 7.90. The molecule has 0 aliphatic heterocycles. The number of primary sulfonamides is 1. The predicted molar refractivity (Wildman–Crippen MR) is 111 cm³/mol. The number of benzene rings is 2. The zero-order valence-electron chi connectivity index (χ0n) is 15.4. The van der Waals surface area contributed by atoms with Gasteiger partial charge in [-0.2, -0.15) is 0 Å². The number of rotatable bonds is 5. The normalized spacial score (nSPS) is 13.0. The summed E-state index contributed by atoms with van der Waals surface area (Å²) in [6.45, 7) is 6.15. The molecule has 0 spiro atoms. The first-order valence-corrected chi connectivity index (χ1v) is 10.9. The number of hydrogen-bond acceptors (Lipinski definition) is 3. The summed E-state index contributed by atoms with van der Waals surface area (Å²) in [7, 11) is -5.52. The fraction of sp³-hybridized carbons (Fsp3) is 0.200. The minimum absolute atomic E-state index is 0.0611. The molecule has 2 rings (SSSR count). The predicted octanol–water partition coefficient (Wildman–Crippen LogP) is 3.48. The molecule has 27 heavy (non-hydrogen) atoms. The fourth-order valence-corrected chi connectivity index (χ4v) is 3.52. The zero-order chi connectivity index (χ0) is 20.1. The van der Waals surface area contributed by atoms with Crippen molar-refractivity contribution in [1.29, 1.82) is 0 Å². The molecule has 0 bridgehead atoms. The third-order valence-electron chi connectivity index (χ3n) is 3.28. The van der Waals surface area contributed by atoms with Crippen molar-refractivity contribution in [3.8, 4) is 11.8 Å². The molecule has 5 nitrogen and oxygen atoms in total. The van der Waals surface area contributed by atoms with Gasteiger partial charge in [-0.05, 0) is 56.7 Å². The summed E-state index contributed by atoms with van der Waals surface area (Å²) in [4.78, 5) is -0.103. The highest BCUT2D eigenvalue weighted by Crippen LogP contribution is 2.20. The smallest absolute Gasteiger partial charge is 0.240 e. The molecule has 0 aliphatic rings. The van der Waals surface area contributed by atoms with Gasteiger partial charge in [0.05, 0.1) is 5.69 Å². The lowest BCUT2D eigenvalue weighted by molar-refractivity contribution is 0.571. The summed E-state index contributed by atoms with van der Waals surface area (Å²) in [5.74, 6) is 6.28. The van der Waals surface area contributed by atoms with Crippen molar-refractivity contribution in [2.24, 2.45) is 10.6 Å². The Bertz CT molecular complexity index is 1020. The molecule has 0 aliphatic carbocycles. The minimum atomic E-state index is -3.90. The molecule has 0 radical (unpaired) electrons. The van der Waals surface area contributed by atoms with Crippen LogP contribution in [0.25, 0.3) is 6.08 Å². The molecule has 2 aromatic rings. The van der Waals surface area contributed by atoms with Crippen molar-refractivity contribution in [3.05, 3.63) is 65.1 Å². The van der Waals surface area contributed by atoms with Crippen LogP contribution < -0.4 is 9.86 Å². The highest BCUT2D eigenvalue weighted by atomic mass is 32.2. The second-order valence-electron chi connectivity index (χ2n) is 6.87. The van der Waals surface area contributed by atoms with Crippen LogP contribution in [-0.2, 0) is 21.0 Å². The average molecular weight is 403 g/mol. The van der Waals surface area contributed by atoms with E-state index in [0.29, 0.717) is 0 Å². The second kappa shape index (κ2) is 8.53. The molecular formula is C20H22N2O3S2. The summed E-state index contributed by atoms with van der Waals surface area (Å²) >= 11 is 0. The SMILES string of the molecule is CC(C)(C)C#Cc1ccc(/C=C/S(=O)Nc2ccccc2S(N)(=O)=O)cc1. The van der Waals surface area contributed by atoms with E-state index in [1.807, 2.05) is 45.0 Å². The Morgan fingerprint density at radius 3 is 2.30 bits per heavy atom. The Labute approximate surface area is 163 Å². The van der Waals surface area contributed by atoms with Crippen LogP contribution in [0, 0.1) is 17.3 Å². The summed E-state index contributed by atoms with van der Waals surface area (Å²) in [5, 5.41) is 6.61. The van der Waals surface area contributed by atoms with Gasteiger partial charge < -0.3 is 4.72 Å². The van der Waals surface area contributed by atoms with Gasteiger partial charge in [0.1, 0.15) is 15.9 Å². The van der Waals surface area contributed by atoms with Crippen molar-refractivity contribution in [3.63, 3.8) is 0 Å². The van der Waals surface area contributed by atoms with E-state index < -0.39 is 21.0 Å². The molecule has 7 heteroatoms. The van der Waals surface area contributed by atoms with Crippen LogP contribution in [0.2, 0.25) is 0 Å². The van der Waals surface area contributed by atoms with Crippen LogP contribution in [0.15, 0.2) is 58.8 Å². The van der Waals surface area contributed by atoms with Gasteiger partial charge in [0.15, 0.2) is 0 Å². The van der Waals surface area contributed by atoms with Crippen molar-refractivity contribution < 1.29 is 12.6 Å². The van der Waals surface area contributed by atoms with E-state index in [1.165, 1.54) is 17.5 Å². The molecule has 3 N–H and O–H groups in total. The topological polar surface area (TPSA) is 89.3 Å². The van der Waals surface area contributed by atoms with Crippen LogP contribution in [0.3, 0.4) is 0 Å². The molecule has 0 amide bonds. The monoisotopic (exact) mass is 402 g/mol. The molecule has 0 saturated carbocycles. The van der Waals surface area contributed by atoms with E-state index in [0.717, 1.165) is 11.1 Å². The first kappa shape index (κ1) is 20.9. The maximum Gasteiger partial charge on any atom is 0.240 e. The number of sulfonamides is 1. The van der Waals surface area contributed by atoms with Crippen molar-refractivity contribution in [2.75, 3.05) is 4.72 Å². The summed E-state index contributed by atoms with van der Waals surface area (Å²) in [6.07, 6.45) is 1.68. The Morgan fingerprint density at radius 1 is 1.07 bits per heavy atom. The molecule has 0 saturated heterocycles. The van der Waals surface area contributed by atoms with Gasteiger partial charge in [-0.1, -0.05) is 36.1 Å². The van der Waals surface area contributed by atoms with Crippen LogP contribution in [0.4, 0.5) is 5.69 Å². The molecule has 2 aromatic carbocycles. The maximum atomic E-state index is 12.2. The zero-order valence-corrected chi connectivity index (χ0v) is 17.0. The minimum Gasteiger partial charge on any atom is -0.300 e. The van der Waals surface area contributed by atoms with Crippen LogP contribution >= 0.6 is 0 Å². The largest absolute Gasteiger partial charge is 0.300 e. The second-order valence-corrected chi connectivity index (χ2v) is 9.47. The Morgan fingerprint density at radius 2 is 1.70 bits per heavy atom. The van der Waals surface area contributed by atoms with E-state index in [1.54, 1.807) is 18.2 Å². The molecule has 1 atom stereocenters. The Balaban J connectivity index is 2.09. The lowest BCUT2D eigenvalue weighted by Crippen LogP contribution is -2.15. The number of nitrogens with one attached hydrogen (secondary N) is 1. The summed E-state index contributed by atoms with van der Waals surface area (Å²) < 4.78 is 38.0. The van der Waals surface area contributed by atoms with Gasteiger partial charge in [-0.25, -0.2) is 17.8 Å². The van der Waals surface area contributed by atoms with Gasteiger partial charge in [0.2, 0.25) is 10.0 Å². The Hall–Kier alpha value is -2.40. The van der Waals surface area contributed by atoms with E-state index in [9.17, 15) is 12.6 Å². The van der Waals surface area contributed by atoms with Crippen molar-refractivity contribution in [1.82, 2.24) is 0 Å². The number of nitrogens with two attached hydrogens (primary N) is 1. The summed E-state index contributed by atoms with van der Waals surface area (Å²) in [5.41, 5.74) is 1.89.